The molecular formula is C8H7N2. The van der Waals surface area contributed by atoms with E-state index in [0.717, 1.165) is 11.0 Å². The fourth-order valence-corrected chi connectivity index (χ4v) is 0.996. The Bertz CT molecular complexity index is 349. The van der Waals surface area contributed by atoms with E-state index in [4.69, 9.17) is 0 Å². The SMILES string of the molecule is Cc1ccc2n[c][nH]c2c1. The summed E-state index contributed by atoms with van der Waals surface area (Å²) in [5.74, 6) is 0. The first-order valence-electron chi connectivity index (χ1n) is 3.19. The molecule has 0 unspecified atom stereocenters. The van der Waals surface area contributed by atoms with Gasteiger partial charge in [-0.2, -0.15) is 0 Å². The Balaban J connectivity index is 2.86. The molecule has 1 heterocycles. The minimum atomic E-state index is 0.977. The molecular weight excluding hydrogens is 124 g/mol. The van der Waals surface area contributed by atoms with Crippen LogP contribution in [0.2, 0.25) is 0 Å². The summed E-state index contributed by atoms with van der Waals surface area (Å²) < 4.78 is 0. The van der Waals surface area contributed by atoms with Gasteiger partial charge in [0.15, 0.2) is 6.33 Å². The van der Waals surface area contributed by atoms with Crippen molar-refractivity contribution in [3.8, 4) is 0 Å². The quantitative estimate of drug-likeness (QED) is 0.578. The topological polar surface area (TPSA) is 28.7 Å². The van der Waals surface area contributed by atoms with Crippen molar-refractivity contribution in [1.82, 2.24) is 9.97 Å². The van der Waals surface area contributed by atoms with E-state index in [-0.39, 0.29) is 0 Å². The Morgan fingerprint density at radius 3 is 3.30 bits per heavy atom. The van der Waals surface area contributed by atoms with Crippen molar-refractivity contribution >= 4 is 11.0 Å². The van der Waals surface area contributed by atoms with Gasteiger partial charge in [-0.25, -0.2) is 4.98 Å². The van der Waals surface area contributed by atoms with Crippen LogP contribution in [0, 0.1) is 13.3 Å². The molecule has 0 saturated heterocycles. The van der Waals surface area contributed by atoms with Crippen molar-refractivity contribution in [2.24, 2.45) is 0 Å². The van der Waals surface area contributed by atoms with Crippen LogP contribution in [0.4, 0.5) is 0 Å². The van der Waals surface area contributed by atoms with E-state index in [1.165, 1.54) is 5.56 Å². The smallest absolute Gasteiger partial charge is 0.174 e. The Morgan fingerprint density at radius 1 is 1.50 bits per heavy atom. The third kappa shape index (κ3) is 0.692. The van der Waals surface area contributed by atoms with Gasteiger partial charge in [-0.1, -0.05) is 6.07 Å². The number of benzene rings is 1. The molecule has 0 bridgehead atoms. The molecule has 1 N–H and O–H groups in total. The van der Waals surface area contributed by atoms with E-state index in [2.05, 4.69) is 29.3 Å². The number of hydrogen-bond donors (Lipinski definition) is 1. The van der Waals surface area contributed by atoms with E-state index >= 15 is 0 Å². The first kappa shape index (κ1) is 5.47. The Kier molecular flexibility index (Phi) is 1.01. The summed E-state index contributed by atoms with van der Waals surface area (Å²) in [5, 5.41) is 0. The molecule has 1 aromatic heterocycles. The van der Waals surface area contributed by atoms with Crippen molar-refractivity contribution in [2.75, 3.05) is 0 Å². The van der Waals surface area contributed by atoms with Crippen LogP contribution in [-0.2, 0) is 0 Å². The number of aromatic nitrogens is 2. The fraction of sp³-hybridized carbons (Fsp3) is 0.125. The lowest BCUT2D eigenvalue weighted by Gasteiger charge is -1.89. The maximum atomic E-state index is 3.98. The molecule has 2 nitrogen and oxygen atoms in total. The number of hydrogen-bond acceptors (Lipinski definition) is 1. The van der Waals surface area contributed by atoms with Gasteiger partial charge < -0.3 is 4.98 Å². The highest BCUT2D eigenvalue weighted by molar-refractivity contribution is 5.74. The number of rotatable bonds is 0. The van der Waals surface area contributed by atoms with Crippen molar-refractivity contribution in [2.45, 2.75) is 6.92 Å². The van der Waals surface area contributed by atoms with Crippen molar-refractivity contribution < 1.29 is 0 Å². The highest BCUT2D eigenvalue weighted by Crippen LogP contribution is 2.09. The summed E-state index contributed by atoms with van der Waals surface area (Å²) in [6, 6.07) is 6.08. The number of imidazole rings is 1. The zero-order valence-corrected chi connectivity index (χ0v) is 5.68. The summed E-state index contributed by atoms with van der Waals surface area (Å²) in [6.07, 6.45) is 2.69. The monoisotopic (exact) mass is 131 g/mol. The van der Waals surface area contributed by atoms with Gasteiger partial charge >= 0.3 is 0 Å². The van der Waals surface area contributed by atoms with Crippen LogP contribution >= 0.6 is 0 Å². The van der Waals surface area contributed by atoms with Crippen LogP contribution in [-0.4, -0.2) is 9.97 Å². The van der Waals surface area contributed by atoms with Gasteiger partial charge in [-0.05, 0) is 24.6 Å². The maximum Gasteiger partial charge on any atom is 0.174 e. The average molecular weight is 131 g/mol. The molecule has 49 valence electrons. The molecule has 0 spiro atoms. The number of nitrogens with zero attached hydrogens (tertiary/aromatic N) is 1. The second-order valence-corrected chi connectivity index (χ2v) is 2.37. The third-order valence-electron chi connectivity index (χ3n) is 1.52. The lowest BCUT2D eigenvalue weighted by atomic mass is 10.2. The van der Waals surface area contributed by atoms with Crippen LogP contribution in [0.1, 0.15) is 5.56 Å². The summed E-state index contributed by atoms with van der Waals surface area (Å²) in [5.41, 5.74) is 3.27. The molecule has 2 aromatic rings. The zero-order valence-electron chi connectivity index (χ0n) is 5.68. The molecule has 2 heteroatoms. The highest BCUT2D eigenvalue weighted by atomic mass is 14.9. The first-order valence-corrected chi connectivity index (χ1v) is 3.19. The largest absolute Gasteiger partial charge is 0.335 e. The lowest BCUT2D eigenvalue weighted by Crippen LogP contribution is -1.71. The number of aromatic amines is 1. The van der Waals surface area contributed by atoms with Gasteiger partial charge in [0, 0.05) is 0 Å². The molecule has 0 aliphatic heterocycles. The van der Waals surface area contributed by atoms with Crippen molar-refractivity contribution in [3.63, 3.8) is 0 Å². The molecule has 1 aromatic carbocycles. The van der Waals surface area contributed by atoms with Crippen molar-refractivity contribution in [3.05, 3.63) is 30.1 Å². The van der Waals surface area contributed by atoms with Gasteiger partial charge in [0.05, 0.1) is 11.0 Å². The van der Waals surface area contributed by atoms with E-state index in [9.17, 15) is 0 Å². The molecule has 0 fully saturated rings. The summed E-state index contributed by atoms with van der Waals surface area (Å²) >= 11 is 0. The van der Waals surface area contributed by atoms with E-state index in [1.807, 2.05) is 12.1 Å². The molecule has 0 amide bonds. The normalized spacial score (nSPS) is 10.5. The molecule has 10 heavy (non-hydrogen) atoms. The van der Waals surface area contributed by atoms with Crippen molar-refractivity contribution in [1.29, 1.82) is 0 Å². The highest BCUT2D eigenvalue weighted by Gasteiger charge is 1.93. The predicted molar refractivity (Wildman–Crippen MR) is 39.7 cm³/mol. The van der Waals surface area contributed by atoms with Crippen LogP contribution < -0.4 is 0 Å². The van der Waals surface area contributed by atoms with E-state index in [0.29, 0.717) is 0 Å². The summed E-state index contributed by atoms with van der Waals surface area (Å²) in [4.78, 5) is 6.90. The van der Waals surface area contributed by atoms with E-state index in [1.54, 1.807) is 0 Å². The molecule has 0 saturated carbocycles. The second-order valence-electron chi connectivity index (χ2n) is 2.37. The molecule has 0 aliphatic carbocycles. The Morgan fingerprint density at radius 2 is 2.40 bits per heavy atom. The number of fused-ring (bicyclic) bond motifs is 1. The van der Waals surface area contributed by atoms with Crippen LogP contribution in [0.5, 0.6) is 0 Å². The Labute approximate surface area is 58.9 Å². The summed E-state index contributed by atoms with van der Waals surface area (Å²) in [6.45, 7) is 2.06. The fourth-order valence-electron chi connectivity index (χ4n) is 0.996. The Hall–Kier alpha value is -1.31. The van der Waals surface area contributed by atoms with Crippen LogP contribution in [0.3, 0.4) is 0 Å². The van der Waals surface area contributed by atoms with Gasteiger partial charge in [-0.3, -0.25) is 0 Å². The number of H-pyrrole nitrogens is 1. The lowest BCUT2D eigenvalue weighted by molar-refractivity contribution is 1.32. The van der Waals surface area contributed by atoms with Gasteiger partial charge in [0.2, 0.25) is 0 Å². The predicted octanol–water partition coefficient (Wildman–Crippen LogP) is 1.67. The standard InChI is InChI=1S/C8H7N2/c1-6-2-3-7-8(4-6)10-5-9-7/h2-4H,1H3,(H,9,10). The van der Waals surface area contributed by atoms with Gasteiger partial charge in [0.25, 0.3) is 0 Å². The first-order chi connectivity index (χ1) is 4.86. The molecule has 2 rings (SSSR count). The number of aryl methyl sites for hydroxylation is 1. The number of nitrogens with one attached hydrogen (secondary N) is 1. The minimum absolute atomic E-state index is 0.977. The van der Waals surface area contributed by atoms with Gasteiger partial charge in [-0.15, -0.1) is 0 Å². The van der Waals surface area contributed by atoms with Crippen LogP contribution in [0.25, 0.3) is 11.0 Å². The third-order valence-corrected chi connectivity index (χ3v) is 1.52. The molecule has 0 atom stereocenters. The second kappa shape index (κ2) is 1.84. The zero-order chi connectivity index (χ0) is 6.97. The van der Waals surface area contributed by atoms with E-state index < -0.39 is 0 Å². The minimum Gasteiger partial charge on any atom is -0.335 e. The average Bonchev–Trinajstić information content (AvgIpc) is 2.33. The summed E-state index contributed by atoms with van der Waals surface area (Å²) in [7, 11) is 0. The van der Waals surface area contributed by atoms with Gasteiger partial charge in [0.1, 0.15) is 0 Å². The van der Waals surface area contributed by atoms with Crippen LogP contribution in [0.15, 0.2) is 18.2 Å². The molecule has 0 aliphatic rings. The molecule has 1 radical (unpaired) electrons. The maximum absolute atomic E-state index is 3.98.